The summed E-state index contributed by atoms with van der Waals surface area (Å²) >= 11 is 0. The van der Waals surface area contributed by atoms with Crippen LogP contribution < -0.4 is 10.6 Å². The third-order valence-electron chi connectivity index (χ3n) is 5.03. The summed E-state index contributed by atoms with van der Waals surface area (Å²) in [4.78, 5) is 23.6. The number of para-hydroxylation sites is 2. The summed E-state index contributed by atoms with van der Waals surface area (Å²) in [5.41, 5.74) is 3.91. The van der Waals surface area contributed by atoms with Gasteiger partial charge >= 0.3 is 12.0 Å². The summed E-state index contributed by atoms with van der Waals surface area (Å²) in [7, 11) is 0. The fourth-order valence-corrected chi connectivity index (χ4v) is 3.91. The standard InChI is InChI=1S/C21H21N3O3/c25-20(26)13-24-18-9-5-4-8-16(18)17-12-15(10-11-19(17)24)23-21(27)22-14-6-2-1-3-7-14/h1-9,15H,10-13H2,(H,25,26)(H2,22,23,27). The summed E-state index contributed by atoms with van der Waals surface area (Å²) in [5, 5.41) is 16.2. The summed E-state index contributed by atoms with van der Waals surface area (Å²) in [6.07, 6.45) is 2.23. The molecule has 4 rings (SSSR count). The van der Waals surface area contributed by atoms with E-state index in [1.54, 1.807) is 0 Å². The number of carboxylic acids is 1. The fraction of sp³-hybridized carbons (Fsp3) is 0.238. The van der Waals surface area contributed by atoms with Gasteiger partial charge in [-0.05, 0) is 43.0 Å². The number of hydrogen-bond donors (Lipinski definition) is 3. The maximum Gasteiger partial charge on any atom is 0.323 e. The first-order valence-corrected chi connectivity index (χ1v) is 9.05. The Morgan fingerprint density at radius 2 is 1.81 bits per heavy atom. The molecule has 0 aliphatic heterocycles. The molecule has 0 fully saturated rings. The van der Waals surface area contributed by atoms with E-state index in [1.165, 1.54) is 0 Å². The van der Waals surface area contributed by atoms with Crippen molar-refractivity contribution >= 4 is 28.6 Å². The lowest BCUT2D eigenvalue weighted by Gasteiger charge is -2.25. The topological polar surface area (TPSA) is 83.4 Å². The van der Waals surface area contributed by atoms with Crippen molar-refractivity contribution in [1.82, 2.24) is 9.88 Å². The monoisotopic (exact) mass is 363 g/mol. The van der Waals surface area contributed by atoms with Crippen LogP contribution in [0.3, 0.4) is 0 Å². The van der Waals surface area contributed by atoms with Crippen LogP contribution in [-0.4, -0.2) is 27.7 Å². The predicted octanol–water partition coefficient (Wildman–Crippen LogP) is 3.40. The molecule has 6 heteroatoms. The number of aromatic nitrogens is 1. The van der Waals surface area contributed by atoms with E-state index >= 15 is 0 Å². The summed E-state index contributed by atoms with van der Waals surface area (Å²) in [6.45, 7) is -0.0393. The lowest BCUT2D eigenvalue weighted by molar-refractivity contribution is -0.137. The molecule has 0 radical (unpaired) electrons. The van der Waals surface area contributed by atoms with Crippen LogP contribution >= 0.6 is 0 Å². The molecule has 1 aromatic heterocycles. The van der Waals surface area contributed by atoms with E-state index in [1.807, 2.05) is 59.2 Å². The summed E-state index contributed by atoms with van der Waals surface area (Å²) in [5.74, 6) is -0.846. The summed E-state index contributed by atoms with van der Waals surface area (Å²) in [6, 6.07) is 17.0. The Labute approximate surface area is 156 Å². The summed E-state index contributed by atoms with van der Waals surface area (Å²) < 4.78 is 1.90. The molecule has 3 aromatic rings. The molecule has 1 aliphatic rings. The lowest BCUT2D eigenvalue weighted by atomic mass is 9.91. The number of hydrogen-bond acceptors (Lipinski definition) is 2. The quantitative estimate of drug-likeness (QED) is 0.664. The zero-order valence-electron chi connectivity index (χ0n) is 14.8. The largest absolute Gasteiger partial charge is 0.480 e. The van der Waals surface area contributed by atoms with Crippen LogP contribution in [0.5, 0.6) is 0 Å². The van der Waals surface area contributed by atoms with E-state index in [4.69, 9.17) is 0 Å². The molecule has 0 saturated carbocycles. The van der Waals surface area contributed by atoms with Gasteiger partial charge in [0.25, 0.3) is 0 Å². The Balaban J connectivity index is 1.54. The van der Waals surface area contributed by atoms with Gasteiger partial charge in [-0.25, -0.2) is 4.79 Å². The maximum absolute atomic E-state index is 12.3. The molecule has 27 heavy (non-hydrogen) atoms. The number of aliphatic carboxylic acids is 1. The number of carboxylic acid groups (broad SMARTS) is 1. The zero-order chi connectivity index (χ0) is 18.8. The van der Waals surface area contributed by atoms with E-state index in [0.29, 0.717) is 6.42 Å². The van der Waals surface area contributed by atoms with Gasteiger partial charge in [0.15, 0.2) is 0 Å². The SMILES string of the molecule is O=C(O)Cn1c2c(c3ccccc31)CC(NC(=O)Nc1ccccc1)CC2. The van der Waals surface area contributed by atoms with Gasteiger partial charge in [-0.3, -0.25) is 4.79 Å². The number of carbonyl (C=O) groups excluding carboxylic acids is 1. The lowest BCUT2D eigenvalue weighted by Crippen LogP contribution is -2.41. The van der Waals surface area contributed by atoms with Crippen LogP contribution in [0.25, 0.3) is 10.9 Å². The van der Waals surface area contributed by atoms with Crippen LogP contribution in [0.4, 0.5) is 10.5 Å². The maximum atomic E-state index is 12.3. The average Bonchev–Trinajstić information content (AvgIpc) is 2.96. The number of anilines is 1. The number of nitrogens with one attached hydrogen (secondary N) is 2. The van der Waals surface area contributed by atoms with E-state index in [2.05, 4.69) is 10.6 Å². The third-order valence-corrected chi connectivity index (χ3v) is 5.03. The van der Waals surface area contributed by atoms with Gasteiger partial charge in [0, 0.05) is 28.3 Å². The Hall–Kier alpha value is -3.28. The second-order valence-corrected chi connectivity index (χ2v) is 6.83. The van der Waals surface area contributed by atoms with Crippen LogP contribution in [-0.2, 0) is 24.2 Å². The minimum atomic E-state index is -0.846. The molecule has 1 aliphatic carbocycles. The van der Waals surface area contributed by atoms with Gasteiger partial charge in [-0.2, -0.15) is 0 Å². The molecule has 1 atom stereocenters. The number of rotatable bonds is 4. The van der Waals surface area contributed by atoms with Crippen molar-refractivity contribution in [2.24, 2.45) is 0 Å². The Morgan fingerprint density at radius 1 is 1.07 bits per heavy atom. The Kier molecular flexibility index (Phi) is 4.54. The zero-order valence-corrected chi connectivity index (χ0v) is 14.8. The molecule has 6 nitrogen and oxygen atoms in total. The second kappa shape index (κ2) is 7.15. The molecule has 138 valence electrons. The van der Waals surface area contributed by atoms with E-state index in [0.717, 1.165) is 40.7 Å². The highest BCUT2D eigenvalue weighted by Crippen LogP contribution is 2.32. The molecule has 3 N–H and O–H groups in total. The van der Waals surface area contributed by atoms with E-state index in [9.17, 15) is 14.7 Å². The van der Waals surface area contributed by atoms with E-state index in [-0.39, 0.29) is 18.6 Å². The molecule has 0 spiro atoms. The van der Waals surface area contributed by atoms with Gasteiger partial charge in [0.05, 0.1) is 0 Å². The van der Waals surface area contributed by atoms with Gasteiger partial charge in [-0.15, -0.1) is 0 Å². The van der Waals surface area contributed by atoms with Crippen LogP contribution in [0.15, 0.2) is 54.6 Å². The van der Waals surface area contributed by atoms with Crippen LogP contribution in [0, 0.1) is 0 Å². The third kappa shape index (κ3) is 3.51. The van der Waals surface area contributed by atoms with Crippen molar-refractivity contribution in [2.45, 2.75) is 31.8 Å². The minimum absolute atomic E-state index is 0.0188. The predicted molar refractivity (Wildman–Crippen MR) is 104 cm³/mol. The average molecular weight is 363 g/mol. The fourth-order valence-electron chi connectivity index (χ4n) is 3.91. The number of fused-ring (bicyclic) bond motifs is 3. The Morgan fingerprint density at radius 3 is 2.59 bits per heavy atom. The highest BCUT2D eigenvalue weighted by Gasteiger charge is 2.26. The highest BCUT2D eigenvalue weighted by atomic mass is 16.4. The first-order valence-electron chi connectivity index (χ1n) is 9.05. The molecule has 1 unspecified atom stereocenters. The number of benzene rings is 2. The van der Waals surface area contributed by atoms with Crippen molar-refractivity contribution in [2.75, 3.05) is 5.32 Å². The van der Waals surface area contributed by atoms with Gasteiger partial charge < -0.3 is 20.3 Å². The van der Waals surface area contributed by atoms with Crippen molar-refractivity contribution in [3.63, 3.8) is 0 Å². The molecule has 0 saturated heterocycles. The molecule has 0 bridgehead atoms. The van der Waals surface area contributed by atoms with E-state index < -0.39 is 5.97 Å². The normalized spacial score (nSPS) is 15.9. The minimum Gasteiger partial charge on any atom is -0.480 e. The molecular formula is C21H21N3O3. The van der Waals surface area contributed by atoms with Gasteiger partial charge in [0.2, 0.25) is 0 Å². The van der Waals surface area contributed by atoms with Crippen molar-refractivity contribution in [1.29, 1.82) is 0 Å². The van der Waals surface area contributed by atoms with Crippen molar-refractivity contribution in [3.05, 3.63) is 65.9 Å². The molecule has 1 heterocycles. The van der Waals surface area contributed by atoms with Crippen molar-refractivity contribution in [3.8, 4) is 0 Å². The first-order chi connectivity index (χ1) is 13.1. The second-order valence-electron chi connectivity index (χ2n) is 6.83. The van der Waals surface area contributed by atoms with Gasteiger partial charge in [0.1, 0.15) is 6.54 Å². The Bertz CT molecular complexity index is 995. The number of amides is 2. The van der Waals surface area contributed by atoms with Crippen molar-refractivity contribution < 1.29 is 14.7 Å². The number of urea groups is 1. The van der Waals surface area contributed by atoms with Gasteiger partial charge in [-0.1, -0.05) is 36.4 Å². The molecule has 2 aromatic carbocycles. The number of nitrogens with zero attached hydrogens (tertiary/aromatic N) is 1. The smallest absolute Gasteiger partial charge is 0.323 e. The van der Waals surface area contributed by atoms with Crippen LogP contribution in [0.2, 0.25) is 0 Å². The highest BCUT2D eigenvalue weighted by molar-refractivity contribution is 5.90. The van der Waals surface area contributed by atoms with Crippen LogP contribution in [0.1, 0.15) is 17.7 Å². The number of carbonyl (C=O) groups is 2. The molecular weight excluding hydrogens is 342 g/mol. The molecule has 2 amide bonds. The first kappa shape index (κ1) is 17.1.